The molecule has 0 radical (unpaired) electrons. The molecule has 0 amide bonds. The average molecular weight is 207 g/mol. The largest absolute Gasteiger partial charge is 0.497 e. The van der Waals surface area contributed by atoms with E-state index in [1.54, 1.807) is 0 Å². The lowest BCUT2D eigenvalue weighted by Gasteiger charge is -2.03. The van der Waals surface area contributed by atoms with E-state index in [0.717, 1.165) is 12.2 Å². The van der Waals surface area contributed by atoms with Crippen molar-refractivity contribution in [1.82, 2.24) is 0 Å². The van der Waals surface area contributed by atoms with Crippen LogP contribution in [0.1, 0.15) is 41.0 Å². The molecule has 14 heavy (non-hydrogen) atoms. The van der Waals surface area contributed by atoms with Gasteiger partial charge in [0.2, 0.25) is 0 Å². The molecule has 2 N–H and O–H groups in total. The second kappa shape index (κ2) is 22.9. The van der Waals surface area contributed by atoms with Gasteiger partial charge in [0.25, 0.3) is 0 Å². The van der Waals surface area contributed by atoms with Gasteiger partial charge < -0.3 is 10.5 Å². The van der Waals surface area contributed by atoms with Crippen LogP contribution >= 0.6 is 0 Å². The van der Waals surface area contributed by atoms with E-state index >= 15 is 0 Å². The number of hydrogen-bond donors (Lipinski definition) is 1. The van der Waals surface area contributed by atoms with Crippen molar-refractivity contribution in [2.45, 2.75) is 41.0 Å². The van der Waals surface area contributed by atoms with Crippen molar-refractivity contribution in [2.24, 2.45) is 5.73 Å². The summed E-state index contributed by atoms with van der Waals surface area (Å²) in [5.74, 6) is 0.903. The Hall–Kier alpha value is -0.570. The van der Waals surface area contributed by atoms with E-state index in [9.17, 15) is 4.39 Å². The molecule has 2 nitrogen and oxygen atoms in total. The van der Waals surface area contributed by atoms with Crippen molar-refractivity contribution in [2.75, 3.05) is 19.8 Å². The first-order valence-electron chi connectivity index (χ1n) is 5.34. The zero-order valence-electron chi connectivity index (χ0n) is 10.3. The first-order valence-corrected chi connectivity index (χ1v) is 5.34. The fourth-order valence-corrected chi connectivity index (χ4v) is 0.614. The Morgan fingerprint density at radius 3 is 1.93 bits per heavy atom. The molecule has 88 valence electrons. The van der Waals surface area contributed by atoms with Gasteiger partial charge in [-0.2, -0.15) is 0 Å². The molecule has 0 bridgehead atoms. The van der Waals surface area contributed by atoms with Crippen LogP contribution in [0.4, 0.5) is 4.39 Å². The fraction of sp³-hybridized carbons (Fsp3) is 0.818. The second-order valence-corrected chi connectivity index (χ2v) is 1.98. The number of nitrogens with two attached hydrogens (primary N) is 1. The number of halogens is 1. The summed E-state index contributed by atoms with van der Waals surface area (Å²) in [6, 6.07) is 0. The van der Waals surface area contributed by atoms with E-state index in [4.69, 9.17) is 10.5 Å². The van der Waals surface area contributed by atoms with Crippen LogP contribution in [0.5, 0.6) is 0 Å². The summed E-state index contributed by atoms with van der Waals surface area (Å²) < 4.78 is 15.5. The molecule has 0 saturated heterocycles. The van der Waals surface area contributed by atoms with Crippen molar-refractivity contribution in [1.29, 1.82) is 0 Å². The highest BCUT2D eigenvalue weighted by Crippen LogP contribution is 1.95. The Morgan fingerprint density at radius 2 is 1.71 bits per heavy atom. The molecule has 0 unspecified atom stereocenters. The van der Waals surface area contributed by atoms with Gasteiger partial charge in [0.1, 0.15) is 5.76 Å². The van der Waals surface area contributed by atoms with Crippen molar-refractivity contribution < 1.29 is 9.13 Å². The minimum Gasteiger partial charge on any atom is -0.497 e. The Kier molecular flexibility index (Phi) is 31.1. The van der Waals surface area contributed by atoms with E-state index in [1.807, 2.05) is 26.8 Å². The maximum atomic E-state index is 10.3. The molecule has 0 aromatic carbocycles. The topological polar surface area (TPSA) is 35.2 Å². The summed E-state index contributed by atoms with van der Waals surface area (Å²) in [4.78, 5) is 0. The van der Waals surface area contributed by atoms with Gasteiger partial charge in [0.05, 0.1) is 19.8 Å². The smallest absolute Gasteiger partial charge is 0.105 e. The molecular weight excluding hydrogens is 181 g/mol. The highest BCUT2D eigenvalue weighted by molar-refractivity contribution is 4.93. The first-order chi connectivity index (χ1) is 6.76. The molecule has 0 atom stereocenters. The van der Waals surface area contributed by atoms with Crippen molar-refractivity contribution in [3.8, 4) is 0 Å². The maximum absolute atomic E-state index is 10.3. The van der Waals surface area contributed by atoms with E-state index < -0.39 is 0 Å². The molecule has 0 fully saturated rings. The average Bonchev–Trinajstić information content (AvgIpc) is 2.22. The van der Waals surface area contributed by atoms with Crippen molar-refractivity contribution in [3.63, 3.8) is 0 Å². The number of allylic oxidation sites excluding steroid dienone is 1. The summed E-state index contributed by atoms with van der Waals surface area (Å²) in [5, 5.41) is 0. The molecule has 0 rings (SSSR count). The lowest BCUT2D eigenvalue weighted by molar-refractivity contribution is 0.225. The predicted molar refractivity (Wildman–Crippen MR) is 62.1 cm³/mol. The van der Waals surface area contributed by atoms with Gasteiger partial charge >= 0.3 is 0 Å². The summed E-state index contributed by atoms with van der Waals surface area (Å²) >= 11 is 0. The summed E-state index contributed by atoms with van der Waals surface area (Å²) in [6.45, 7) is 10.5. The van der Waals surface area contributed by atoms with Crippen LogP contribution in [-0.2, 0) is 4.74 Å². The Balaban J connectivity index is -0.000000205. The van der Waals surface area contributed by atoms with Crippen LogP contribution in [0.25, 0.3) is 0 Å². The zero-order valence-corrected chi connectivity index (χ0v) is 10.3. The molecule has 0 heterocycles. The van der Waals surface area contributed by atoms with Crippen LogP contribution in [0, 0.1) is 0 Å². The number of alkyl halides is 1. The molecule has 0 aromatic rings. The lowest BCUT2D eigenvalue weighted by atomic mass is 10.4. The third-order valence-corrected chi connectivity index (χ3v) is 0.963. The van der Waals surface area contributed by atoms with Crippen molar-refractivity contribution in [3.05, 3.63) is 11.8 Å². The van der Waals surface area contributed by atoms with E-state index in [0.29, 0.717) is 13.2 Å². The van der Waals surface area contributed by atoms with Crippen LogP contribution in [0.15, 0.2) is 11.8 Å². The number of hydrogen-bond acceptors (Lipinski definition) is 2. The van der Waals surface area contributed by atoms with Gasteiger partial charge in [0.15, 0.2) is 0 Å². The van der Waals surface area contributed by atoms with E-state index in [1.165, 1.54) is 6.92 Å². The minimum atomic E-state index is -0.250. The summed E-state index contributed by atoms with van der Waals surface area (Å²) in [6.07, 6.45) is 3.00. The fourth-order valence-electron chi connectivity index (χ4n) is 0.614. The summed E-state index contributed by atoms with van der Waals surface area (Å²) in [5.41, 5.74) is 5.35. The number of rotatable bonds is 4. The molecule has 0 aliphatic heterocycles. The van der Waals surface area contributed by atoms with E-state index in [-0.39, 0.29) is 6.67 Å². The first kappa shape index (κ1) is 19.1. The Bertz CT molecular complexity index is 105. The summed E-state index contributed by atoms with van der Waals surface area (Å²) in [7, 11) is 0. The maximum Gasteiger partial charge on any atom is 0.105 e. The third kappa shape index (κ3) is 22.5. The van der Waals surface area contributed by atoms with E-state index in [2.05, 4.69) is 6.92 Å². The van der Waals surface area contributed by atoms with Crippen LogP contribution in [-0.4, -0.2) is 19.8 Å². The van der Waals surface area contributed by atoms with Gasteiger partial charge in [-0.1, -0.05) is 20.8 Å². The molecule has 0 aliphatic carbocycles. The number of ether oxygens (including phenoxy) is 1. The normalized spacial score (nSPS) is 9.21. The molecule has 0 aliphatic rings. The van der Waals surface area contributed by atoms with Gasteiger partial charge in [-0.3, -0.25) is 4.39 Å². The van der Waals surface area contributed by atoms with Crippen molar-refractivity contribution >= 4 is 0 Å². The zero-order chi connectivity index (χ0) is 11.8. The molecule has 0 saturated carbocycles. The lowest BCUT2D eigenvalue weighted by Crippen LogP contribution is -2.06. The highest BCUT2D eigenvalue weighted by Gasteiger charge is 1.88. The molecule has 0 aromatic heterocycles. The second-order valence-electron chi connectivity index (χ2n) is 1.98. The third-order valence-electron chi connectivity index (χ3n) is 0.963. The quantitative estimate of drug-likeness (QED) is 0.718. The SMILES string of the molecule is CC.CC/C=C(/CN)OCC.CCF. The predicted octanol–water partition coefficient (Wildman–Crippen LogP) is 3.28. The minimum absolute atomic E-state index is 0.250. The van der Waals surface area contributed by atoms with Gasteiger partial charge in [-0.15, -0.1) is 0 Å². The van der Waals surface area contributed by atoms with Gasteiger partial charge in [-0.25, -0.2) is 0 Å². The molecular formula is C11H26FNO. The van der Waals surface area contributed by atoms with Crippen LogP contribution in [0.3, 0.4) is 0 Å². The van der Waals surface area contributed by atoms with Crippen LogP contribution < -0.4 is 5.73 Å². The van der Waals surface area contributed by atoms with Gasteiger partial charge in [0, 0.05) is 0 Å². The molecule has 0 spiro atoms. The molecule has 3 heteroatoms. The van der Waals surface area contributed by atoms with Gasteiger partial charge in [-0.05, 0) is 26.3 Å². The Morgan fingerprint density at radius 1 is 1.29 bits per heavy atom. The van der Waals surface area contributed by atoms with Crippen LogP contribution in [0.2, 0.25) is 0 Å². The standard InChI is InChI=1S/C7H15NO.C2H5F.C2H6/c1-3-5-7(6-8)9-4-2;1-2-3;1-2/h5H,3-4,6,8H2,1-2H3;2H2,1H3;1-2H3/b7-5-;;. The Labute approximate surface area is 88.3 Å². The highest BCUT2D eigenvalue weighted by atomic mass is 19.1. The monoisotopic (exact) mass is 207 g/mol.